The van der Waals surface area contributed by atoms with Crippen molar-refractivity contribution in [2.45, 2.75) is 50.0 Å². The Morgan fingerprint density at radius 2 is 1.82 bits per heavy atom. The molecule has 2 heterocycles. The molecule has 0 radical (unpaired) electrons. The van der Waals surface area contributed by atoms with Crippen LogP contribution in [0.5, 0.6) is 0 Å². The van der Waals surface area contributed by atoms with Gasteiger partial charge in [-0.2, -0.15) is 4.31 Å². The number of carbonyl (C=O) groups is 1. The molecular weight excluding hydrogens is 454 g/mol. The van der Waals surface area contributed by atoms with Crippen LogP contribution in [-0.4, -0.2) is 48.7 Å². The Bertz CT molecular complexity index is 1240. The maximum atomic E-state index is 13.2. The summed E-state index contributed by atoms with van der Waals surface area (Å²) >= 11 is 1.61. The van der Waals surface area contributed by atoms with Gasteiger partial charge in [0.15, 0.2) is 0 Å². The lowest BCUT2D eigenvalue weighted by Crippen LogP contribution is -2.43. The van der Waals surface area contributed by atoms with Gasteiger partial charge >= 0.3 is 0 Å². The molecule has 2 aromatic carbocycles. The number of fused-ring (bicyclic) bond motifs is 2. The van der Waals surface area contributed by atoms with Crippen molar-refractivity contribution in [1.29, 1.82) is 0 Å². The largest absolute Gasteiger partial charge is 0.339 e. The van der Waals surface area contributed by atoms with E-state index in [0.717, 1.165) is 34.5 Å². The number of hydrogen-bond donors (Lipinski definition) is 0. The first-order valence-electron chi connectivity index (χ1n) is 11.6. The number of aryl methyl sites for hydroxylation is 2. The molecule has 1 aliphatic heterocycles. The number of thiazole rings is 1. The fraction of sp³-hybridized carbons (Fsp3) is 0.440. The van der Waals surface area contributed by atoms with Gasteiger partial charge in [0.1, 0.15) is 5.01 Å². The summed E-state index contributed by atoms with van der Waals surface area (Å²) in [5, 5.41) is 0.916. The first-order chi connectivity index (χ1) is 15.9. The molecule has 2 aliphatic rings. The molecule has 5 rings (SSSR count). The van der Waals surface area contributed by atoms with E-state index >= 15 is 0 Å². The molecule has 0 N–H and O–H groups in total. The molecule has 0 unspecified atom stereocenters. The predicted molar refractivity (Wildman–Crippen MR) is 131 cm³/mol. The third-order valence-corrected chi connectivity index (χ3v) is 9.76. The van der Waals surface area contributed by atoms with Crippen LogP contribution in [0.15, 0.2) is 47.4 Å². The topological polar surface area (TPSA) is 70.6 Å². The molecule has 6 nitrogen and oxygen atoms in total. The zero-order valence-electron chi connectivity index (χ0n) is 18.9. The lowest BCUT2D eigenvalue weighted by molar-refractivity contribution is -0.135. The molecule has 0 atom stereocenters. The van der Waals surface area contributed by atoms with Gasteiger partial charge in [0.2, 0.25) is 15.9 Å². The van der Waals surface area contributed by atoms with Crippen molar-refractivity contribution in [3.63, 3.8) is 0 Å². The van der Waals surface area contributed by atoms with Crippen molar-refractivity contribution < 1.29 is 13.2 Å². The zero-order valence-corrected chi connectivity index (χ0v) is 20.5. The highest BCUT2D eigenvalue weighted by Gasteiger charge is 2.33. The van der Waals surface area contributed by atoms with Gasteiger partial charge in [-0.05, 0) is 73.9 Å². The number of para-hydroxylation sites is 1. The second-order valence-electron chi connectivity index (χ2n) is 9.09. The number of carbonyl (C=O) groups excluding carboxylic acids is 1. The monoisotopic (exact) mass is 483 g/mol. The maximum absolute atomic E-state index is 13.2. The van der Waals surface area contributed by atoms with Crippen molar-refractivity contribution >= 4 is 37.5 Å². The SMILES string of the molecule is CN(Cc1nc2ccccc2s1)C(=O)C1CCN(S(=O)(=O)c2ccc3c(c2)CCCC3)CC1. The van der Waals surface area contributed by atoms with Gasteiger partial charge in [-0.3, -0.25) is 4.79 Å². The first kappa shape index (κ1) is 22.5. The number of aromatic nitrogens is 1. The fourth-order valence-corrected chi connectivity index (χ4v) is 7.48. The molecule has 0 bridgehead atoms. The third kappa shape index (κ3) is 4.56. The number of rotatable bonds is 5. The van der Waals surface area contributed by atoms with Gasteiger partial charge in [0.05, 0.1) is 21.7 Å². The van der Waals surface area contributed by atoms with Gasteiger partial charge in [0, 0.05) is 26.1 Å². The highest BCUT2D eigenvalue weighted by molar-refractivity contribution is 7.89. The molecule has 1 fully saturated rings. The summed E-state index contributed by atoms with van der Waals surface area (Å²) in [6.45, 7) is 1.24. The second-order valence-corrected chi connectivity index (χ2v) is 12.1. The Kier molecular flexibility index (Phi) is 6.24. The van der Waals surface area contributed by atoms with Crippen LogP contribution >= 0.6 is 11.3 Å². The van der Waals surface area contributed by atoms with E-state index in [9.17, 15) is 13.2 Å². The van der Waals surface area contributed by atoms with Gasteiger partial charge < -0.3 is 4.90 Å². The van der Waals surface area contributed by atoms with E-state index in [0.29, 0.717) is 37.4 Å². The molecule has 3 aromatic rings. The van der Waals surface area contributed by atoms with Gasteiger partial charge in [0.25, 0.3) is 0 Å². The highest BCUT2D eigenvalue weighted by Crippen LogP contribution is 2.29. The average molecular weight is 484 g/mol. The molecule has 1 aromatic heterocycles. The molecule has 0 saturated carbocycles. The van der Waals surface area contributed by atoms with E-state index in [4.69, 9.17) is 0 Å². The molecular formula is C25H29N3O3S2. The summed E-state index contributed by atoms with van der Waals surface area (Å²) in [7, 11) is -1.72. The second kappa shape index (κ2) is 9.16. The Balaban J connectivity index is 1.21. The van der Waals surface area contributed by atoms with Crippen molar-refractivity contribution in [1.82, 2.24) is 14.2 Å². The lowest BCUT2D eigenvalue weighted by atomic mass is 9.92. The molecule has 1 amide bonds. The highest BCUT2D eigenvalue weighted by atomic mass is 32.2. The van der Waals surface area contributed by atoms with Crippen LogP contribution in [0.3, 0.4) is 0 Å². The molecule has 8 heteroatoms. The molecule has 174 valence electrons. The minimum Gasteiger partial charge on any atom is -0.339 e. The van der Waals surface area contributed by atoms with E-state index in [1.807, 2.05) is 43.4 Å². The van der Waals surface area contributed by atoms with Gasteiger partial charge in [-0.1, -0.05) is 18.2 Å². The Hall–Kier alpha value is -2.29. The number of benzene rings is 2. The summed E-state index contributed by atoms with van der Waals surface area (Å²) in [5.74, 6) is -0.0838. The summed E-state index contributed by atoms with van der Waals surface area (Å²) in [5.41, 5.74) is 3.41. The lowest BCUT2D eigenvalue weighted by Gasteiger charge is -2.32. The maximum Gasteiger partial charge on any atom is 0.243 e. The van der Waals surface area contributed by atoms with Crippen molar-refractivity contribution in [2.75, 3.05) is 20.1 Å². The summed E-state index contributed by atoms with van der Waals surface area (Å²) in [4.78, 5) is 19.8. The number of hydrogen-bond acceptors (Lipinski definition) is 5. The van der Waals surface area contributed by atoms with E-state index < -0.39 is 10.0 Å². The smallest absolute Gasteiger partial charge is 0.243 e. The van der Waals surface area contributed by atoms with Crippen molar-refractivity contribution in [2.24, 2.45) is 5.92 Å². The van der Waals surface area contributed by atoms with Gasteiger partial charge in [-0.15, -0.1) is 11.3 Å². The molecule has 0 spiro atoms. The predicted octanol–water partition coefficient (Wildman–Crippen LogP) is 4.23. The van der Waals surface area contributed by atoms with Crippen LogP contribution in [0.4, 0.5) is 0 Å². The molecule has 1 saturated heterocycles. The summed E-state index contributed by atoms with van der Waals surface area (Å²) in [6, 6.07) is 13.6. The Morgan fingerprint density at radius 3 is 2.58 bits per heavy atom. The Labute approximate surface area is 199 Å². The van der Waals surface area contributed by atoms with Crippen molar-refractivity contribution in [3.05, 3.63) is 58.6 Å². The number of amides is 1. The van der Waals surface area contributed by atoms with Crippen LogP contribution in [0.1, 0.15) is 41.8 Å². The number of sulfonamides is 1. The van der Waals surface area contributed by atoms with E-state index in [1.165, 1.54) is 17.5 Å². The van der Waals surface area contributed by atoms with Crippen LogP contribution < -0.4 is 0 Å². The number of nitrogens with zero attached hydrogens (tertiary/aromatic N) is 3. The minimum absolute atomic E-state index is 0.0695. The van der Waals surface area contributed by atoms with E-state index in [-0.39, 0.29) is 11.8 Å². The van der Waals surface area contributed by atoms with Crippen molar-refractivity contribution in [3.8, 4) is 0 Å². The van der Waals surface area contributed by atoms with E-state index in [2.05, 4.69) is 4.98 Å². The van der Waals surface area contributed by atoms with Crippen LogP contribution in [0.25, 0.3) is 10.2 Å². The standard InChI is InChI=1S/C25H29N3O3S2/c1-27(17-24-26-22-8-4-5-9-23(22)32-24)25(29)19-12-14-28(15-13-19)33(30,31)21-11-10-18-6-2-3-7-20(18)16-21/h4-5,8-11,16,19H,2-3,6-7,12-15,17H2,1H3. The van der Waals surface area contributed by atoms with Crippen LogP contribution in [0, 0.1) is 5.92 Å². The zero-order chi connectivity index (χ0) is 23.0. The fourth-order valence-electron chi connectivity index (χ4n) is 4.94. The first-order valence-corrected chi connectivity index (χ1v) is 13.9. The summed E-state index contributed by atoms with van der Waals surface area (Å²) < 4.78 is 29.1. The Morgan fingerprint density at radius 1 is 1.09 bits per heavy atom. The normalized spacial score (nSPS) is 17.7. The van der Waals surface area contributed by atoms with E-state index in [1.54, 1.807) is 26.6 Å². The third-order valence-electron chi connectivity index (χ3n) is 6.85. The van der Waals surface area contributed by atoms with Gasteiger partial charge in [-0.25, -0.2) is 13.4 Å². The number of piperidine rings is 1. The average Bonchev–Trinajstić information content (AvgIpc) is 3.25. The minimum atomic E-state index is -3.53. The molecule has 33 heavy (non-hydrogen) atoms. The molecule has 1 aliphatic carbocycles. The van der Waals surface area contributed by atoms with Crippen LogP contribution in [0.2, 0.25) is 0 Å². The summed E-state index contributed by atoms with van der Waals surface area (Å²) in [6.07, 6.45) is 5.38. The quantitative estimate of drug-likeness (QED) is 0.544. The van der Waals surface area contributed by atoms with Crippen LogP contribution in [-0.2, 0) is 34.2 Å².